The highest BCUT2D eigenvalue weighted by molar-refractivity contribution is 7.13. The molecule has 0 saturated heterocycles. The molecule has 0 radical (unpaired) electrons. The van der Waals surface area contributed by atoms with Gasteiger partial charge in [0.25, 0.3) is 5.91 Å². The van der Waals surface area contributed by atoms with Crippen molar-refractivity contribution in [2.45, 2.75) is 26.5 Å². The monoisotopic (exact) mass is 416 g/mol. The van der Waals surface area contributed by atoms with Crippen LogP contribution in [0.25, 0.3) is 10.6 Å². The molecule has 146 valence electrons. The van der Waals surface area contributed by atoms with E-state index in [2.05, 4.69) is 10.3 Å². The van der Waals surface area contributed by atoms with Crippen LogP contribution in [0, 0.1) is 0 Å². The number of nitrogens with one attached hydrogen (secondary N) is 1. The summed E-state index contributed by atoms with van der Waals surface area (Å²) in [6, 6.07) is 13.2. The smallest absolute Gasteiger partial charge is 0.270 e. The van der Waals surface area contributed by atoms with E-state index in [0.717, 1.165) is 16.1 Å². The lowest BCUT2D eigenvalue weighted by molar-refractivity contribution is 0.0939. The number of ether oxygens (including phenoxy) is 2. The van der Waals surface area contributed by atoms with Gasteiger partial charge in [-0.05, 0) is 49.7 Å². The number of halogens is 1. The highest BCUT2D eigenvalue weighted by Crippen LogP contribution is 2.34. The SMILES string of the molecule is COc1cc(-c2nc(C(=O)NC(C)C)cs2)ccc1OCc1cccc(Cl)c1. The molecule has 3 rings (SSSR count). The second-order valence-corrected chi connectivity index (χ2v) is 7.74. The summed E-state index contributed by atoms with van der Waals surface area (Å²) in [7, 11) is 1.59. The van der Waals surface area contributed by atoms with Crippen LogP contribution in [0.3, 0.4) is 0 Å². The molecule has 0 atom stereocenters. The van der Waals surface area contributed by atoms with Crippen LogP contribution >= 0.6 is 22.9 Å². The fraction of sp³-hybridized carbons (Fsp3) is 0.238. The third-order valence-electron chi connectivity index (χ3n) is 3.85. The minimum absolute atomic E-state index is 0.0636. The Bertz CT molecular complexity index is 972. The van der Waals surface area contributed by atoms with Crippen molar-refractivity contribution >= 4 is 28.8 Å². The van der Waals surface area contributed by atoms with Crippen molar-refractivity contribution in [3.63, 3.8) is 0 Å². The molecule has 1 heterocycles. The molecule has 0 fully saturated rings. The standard InChI is InChI=1S/C21H21ClN2O3S/c1-13(2)23-20(25)17-12-28-21(24-17)15-7-8-18(19(10-15)26-3)27-11-14-5-4-6-16(22)9-14/h4-10,12-13H,11H2,1-3H3,(H,23,25). The number of amides is 1. The van der Waals surface area contributed by atoms with E-state index in [1.165, 1.54) is 11.3 Å². The average Bonchev–Trinajstić information content (AvgIpc) is 3.16. The lowest BCUT2D eigenvalue weighted by Gasteiger charge is -2.12. The van der Waals surface area contributed by atoms with Gasteiger partial charge in [-0.2, -0.15) is 0 Å². The summed E-state index contributed by atoms with van der Waals surface area (Å²) < 4.78 is 11.4. The largest absolute Gasteiger partial charge is 0.493 e. The van der Waals surface area contributed by atoms with Gasteiger partial charge in [0.1, 0.15) is 17.3 Å². The van der Waals surface area contributed by atoms with Gasteiger partial charge >= 0.3 is 0 Å². The Morgan fingerprint density at radius 2 is 2.04 bits per heavy atom. The Hall–Kier alpha value is -2.57. The molecule has 7 heteroatoms. The van der Waals surface area contributed by atoms with E-state index < -0.39 is 0 Å². The van der Waals surface area contributed by atoms with Crippen molar-refractivity contribution in [1.29, 1.82) is 0 Å². The van der Waals surface area contributed by atoms with Crippen molar-refractivity contribution in [1.82, 2.24) is 10.3 Å². The number of hydrogen-bond donors (Lipinski definition) is 1. The molecule has 2 aromatic carbocycles. The van der Waals surface area contributed by atoms with Gasteiger partial charge in [0.15, 0.2) is 11.5 Å². The summed E-state index contributed by atoms with van der Waals surface area (Å²) in [5.74, 6) is 1.05. The van der Waals surface area contributed by atoms with Gasteiger partial charge in [-0.25, -0.2) is 4.98 Å². The van der Waals surface area contributed by atoms with Gasteiger partial charge in [0.05, 0.1) is 7.11 Å². The number of benzene rings is 2. The molecule has 28 heavy (non-hydrogen) atoms. The lowest BCUT2D eigenvalue weighted by atomic mass is 10.2. The molecule has 1 amide bonds. The van der Waals surface area contributed by atoms with Gasteiger partial charge in [-0.15, -0.1) is 11.3 Å². The molecule has 5 nitrogen and oxygen atoms in total. The molecule has 0 aliphatic carbocycles. The van der Waals surface area contributed by atoms with Gasteiger partial charge in [0.2, 0.25) is 0 Å². The maximum atomic E-state index is 12.1. The predicted octanol–water partition coefficient (Wildman–Crippen LogP) is 5.19. The second kappa shape index (κ2) is 9.08. The van der Waals surface area contributed by atoms with E-state index in [0.29, 0.717) is 28.8 Å². The normalized spacial score (nSPS) is 10.8. The van der Waals surface area contributed by atoms with Crippen LogP contribution < -0.4 is 14.8 Å². The first-order valence-electron chi connectivity index (χ1n) is 8.78. The summed E-state index contributed by atoms with van der Waals surface area (Å²) in [6.07, 6.45) is 0. The maximum absolute atomic E-state index is 12.1. The van der Waals surface area contributed by atoms with Crippen LogP contribution in [-0.4, -0.2) is 24.0 Å². The number of rotatable bonds is 7. The molecule has 1 N–H and O–H groups in total. The Morgan fingerprint density at radius 3 is 2.75 bits per heavy atom. The van der Waals surface area contributed by atoms with Gasteiger partial charge in [-0.3, -0.25) is 4.79 Å². The molecule has 0 saturated carbocycles. The van der Waals surface area contributed by atoms with Crippen LogP contribution in [0.4, 0.5) is 0 Å². The molecule has 3 aromatic rings. The van der Waals surface area contributed by atoms with Crippen LogP contribution in [0.15, 0.2) is 47.8 Å². The Labute approximate surface area is 173 Å². The Kier molecular flexibility index (Phi) is 6.54. The number of aromatic nitrogens is 1. The molecule has 0 bridgehead atoms. The lowest BCUT2D eigenvalue weighted by Crippen LogP contribution is -2.30. The molecule has 1 aromatic heterocycles. The van der Waals surface area contributed by atoms with Crippen molar-refractivity contribution in [2.75, 3.05) is 7.11 Å². The highest BCUT2D eigenvalue weighted by atomic mass is 35.5. The van der Waals surface area contributed by atoms with E-state index in [1.54, 1.807) is 12.5 Å². The summed E-state index contributed by atoms with van der Waals surface area (Å²) >= 11 is 7.42. The fourth-order valence-electron chi connectivity index (χ4n) is 2.55. The molecule has 0 aliphatic rings. The first kappa shape index (κ1) is 20.2. The second-order valence-electron chi connectivity index (χ2n) is 6.45. The van der Waals surface area contributed by atoms with Gasteiger partial charge < -0.3 is 14.8 Å². The van der Waals surface area contributed by atoms with E-state index in [-0.39, 0.29) is 11.9 Å². The highest BCUT2D eigenvalue weighted by Gasteiger charge is 2.14. The average molecular weight is 417 g/mol. The van der Waals surface area contributed by atoms with Crippen LogP contribution in [0.5, 0.6) is 11.5 Å². The zero-order valence-electron chi connectivity index (χ0n) is 15.9. The first-order valence-corrected chi connectivity index (χ1v) is 10.0. The van der Waals surface area contributed by atoms with E-state index in [9.17, 15) is 4.79 Å². The maximum Gasteiger partial charge on any atom is 0.270 e. The Balaban J connectivity index is 1.76. The summed E-state index contributed by atoms with van der Waals surface area (Å²) in [6.45, 7) is 4.21. The number of thiazole rings is 1. The summed E-state index contributed by atoms with van der Waals surface area (Å²) in [5.41, 5.74) is 2.24. The van der Waals surface area contributed by atoms with E-state index >= 15 is 0 Å². The summed E-state index contributed by atoms with van der Waals surface area (Å²) in [4.78, 5) is 16.5. The number of hydrogen-bond acceptors (Lipinski definition) is 5. The van der Waals surface area contributed by atoms with Crippen LogP contribution in [0.2, 0.25) is 5.02 Å². The third kappa shape index (κ3) is 5.03. The zero-order valence-corrected chi connectivity index (χ0v) is 17.4. The number of methoxy groups -OCH3 is 1. The predicted molar refractivity (Wildman–Crippen MR) is 112 cm³/mol. The minimum Gasteiger partial charge on any atom is -0.493 e. The van der Waals surface area contributed by atoms with Crippen molar-refractivity contribution in [3.8, 4) is 22.1 Å². The first-order chi connectivity index (χ1) is 13.5. The van der Waals surface area contributed by atoms with E-state index in [1.807, 2.05) is 56.3 Å². The molecule has 0 unspecified atom stereocenters. The quantitative estimate of drug-likeness (QED) is 0.575. The van der Waals surface area contributed by atoms with Crippen molar-refractivity contribution < 1.29 is 14.3 Å². The topological polar surface area (TPSA) is 60.5 Å². The van der Waals surface area contributed by atoms with Crippen LogP contribution in [-0.2, 0) is 6.61 Å². The van der Waals surface area contributed by atoms with Gasteiger partial charge in [-0.1, -0.05) is 23.7 Å². The third-order valence-corrected chi connectivity index (χ3v) is 4.98. The summed E-state index contributed by atoms with van der Waals surface area (Å²) in [5, 5.41) is 6.01. The number of nitrogens with zero attached hydrogens (tertiary/aromatic N) is 1. The van der Waals surface area contributed by atoms with Crippen molar-refractivity contribution in [3.05, 3.63) is 64.1 Å². The van der Waals surface area contributed by atoms with Gasteiger partial charge in [0, 0.05) is 22.0 Å². The molecule has 0 aliphatic heterocycles. The zero-order chi connectivity index (χ0) is 20.1. The molecule has 0 spiro atoms. The van der Waals surface area contributed by atoms with Crippen LogP contribution in [0.1, 0.15) is 29.9 Å². The van der Waals surface area contributed by atoms with Crippen molar-refractivity contribution in [2.24, 2.45) is 0 Å². The molecular formula is C21H21ClN2O3S. The number of carbonyl (C=O) groups excluding carboxylic acids is 1. The fourth-order valence-corrected chi connectivity index (χ4v) is 3.56. The molecular weight excluding hydrogens is 396 g/mol. The minimum atomic E-state index is -0.175. The number of carbonyl (C=O) groups is 1. The Morgan fingerprint density at radius 1 is 1.21 bits per heavy atom. The van der Waals surface area contributed by atoms with E-state index in [4.69, 9.17) is 21.1 Å².